The average Bonchev–Trinajstić information content (AvgIpc) is 2.75. The molecule has 0 aromatic heterocycles. The third-order valence-corrected chi connectivity index (χ3v) is 4.75. The quantitative estimate of drug-likeness (QED) is 0.587. The molecule has 6 heteroatoms. The van der Waals surface area contributed by atoms with Gasteiger partial charge in [-0.3, -0.25) is 0 Å². The van der Waals surface area contributed by atoms with Crippen LogP contribution in [0, 0.1) is 17.8 Å². The van der Waals surface area contributed by atoms with Gasteiger partial charge in [-0.05, 0) is 51.0 Å². The van der Waals surface area contributed by atoms with E-state index in [0.717, 1.165) is 25.0 Å². The number of fused-ring (bicyclic) bond motifs is 1. The van der Waals surface area contributed by atoms with E-state index >= 15 is 0 Å². The Morgan fingerprint density at radius 3 is 2.88 bits per heavy atom. The number of hydrogen-bond donors (Lipinski definition) is 1. The summed E-state index contributed by atoms with van der Waals surface area (Å²) in [7, 11) is 0. The number of allylic oxidation sites excluding steroid dienone is 1. The molecule has 1 saturated heterocycles. The van der Waals surface area contributed by atoms with Crippen LogP contribution in [0.1, 0.15) is 53.9 Å². The molecule has 0 aromatic rings. The molecule has 4 atom stereocenters. The summed E-state index contributed by atoms with van der Waals surface area (Å²) in [5, 5.41) is 15.3. The van der Waals surface area contributed by atoms with E-state index in [1.807, 2.05) is 6.08 Å². The molecule has 142 valence electrons. The molecular weight excluding hydrogens is 322 g/mol. The molecule has 25 heavy (non-hydrogen) atoms. The van der Waals surface area contributed by atoms with Crippen molar-refractivity contribution < 1.29 is 24.2 Å². The summed E-state index contributed by atoms with van der Waals surface area (Å²) in [6.45, 7) is 10.0. The maximum Gasteiger partial charge on any atom is 0.347 e. The van der Waals surface area contributed by atoms with Gasteiger partial charge >= 0.3 is 5.97 Å². The first-order valence-electron chi connectivity index (χ1n) is 9.19. The van der Waals surface area contributed by atoms with E-state index < -0.39 is 11.6 Å². The molecular formula is C19H31NO5. The number of carbonyl (C=O) groups excluding carboxylic acids is 1. The van der Waals surface area contributed by atoms with Crippen LogP contribution in [0.25, 0.3) is 0 Å². The Morgan fingerprint density at radius 1 is 1.52 bits per heavy atom. The van der Waals surface area contributed by atoms with Crippen LogP contribution in [0.3, 0.4) is 0 Å². The van der Waals surface area contributed by atoms with Crippen LogP contribution in [0.15, 0.2) is 17.0 Å². The first-order chi connectivity index (χ1) is 11.8. The highest BCUT2D eigenvalue weighted by molar-refractivity contribution is 5.90. The van der Waals surface area contributed by atoms with Crippen molar-refractivity contribution in [2.75, 3.05) is 13.2 Å². The van der Waals surface area contributed by atoms with Gasteiger partial charge in [-0.25, -0.2) is 4.79 Å². The number of aliphatic hydroxyl groups is 1. The minimum absolute atomic E-state index is 0.109. The summed E-state index contributed by atoms with van der Waals surface area (Å²) >= 11 is 0. The summed E-state index contributed by atoms with van der Waals surface area (Å²) in [6, 6.07) is 0. The number of nitrogens with zero attached hydrogens (tertiary/aromatic N) is 1. The predicted molar refractivity (Wildman–Crippen MR) is 94.9 cm³/mol. The van der Waals surface area contributed by atoms with E-state index in [9.17, 15) is 9.90 Å². The molecule has 2 aliphatic rings. The van der Waals surface area contributed by atoms with Gasteiger partial charge in [0.1, 0.15) is 17.5 Å². The molecule has 0 aromatic carbocycles. The molecule has 0 spiro atoms. The molecule has 2 rings (SSSR count). The van der Waals surface area contributed by atoms with E-state index in [1.54, 1.807) is 13.8 Å². The molecule has 1 aliphatic carbocycles. The summed E-state index contributed by atoms with van der Waals surface area (Å²) in [4.78, 5) is 16.6. The lowest BCUT2D eigenvalue weighted by atomic mass is 9.72. The van der Waals surface area contributed by atoms with Crippen molar-refractivity contribution in [2.24, 2.45) is 22.9 Å². The van der Waals surface area contributed by atoms with Gasteiger partial charge in [-0.2, -0.15) is 0 Å². The largest absolute Gasteiger partial charge is 0.491 e. The molecule has 0 radical (unpaired) electrons. The highest BCUT2D eigenvalue weighted by Crippen LogP contribution is 2.46. The Bertz CT molecular complexity index is 538. The van der Waals surface area contributed by atoms with E-state index in [2.05, 4.69) is 25.9 Å². The number of oxime groups is 1. The van der Waals surface area contributed by atoms with Crippen molar-refractivity contribution in [3.05, 3.63) is 11.8 Å². The van der Waals surface area contributed by atoms with Crippen LogP contribution in [0.4, 0.5) is 0 Å². The molecule has 1 N–H and O–H groups in total. The van der Waals surface area contributed by atoms with Crippen LogP contribution >= 0.6 is 0 Å². The van der Waals surface area contributed by atoms with Gasteiger partial charge in [0.05, 0.1) is 18.2 Å². The molecule has 6 nitrogen and oxygen atoms in total. The van der Waals surface area contributed by atoms with E-state index in [-0.39, 0.29) is 18.6 Å². The second-order valence-electron chi connectivity index (χ2n) is 7.69. The fraction of sp³-hybridized carbons (Fsp3) is 0.789. The van der Waals surface area contributed by atoms with Crippen LogP contribution in [-0.2, 0) is 19.1 Å². The van der Waals surface area contributed by atoms with Crippen molar-refractivity contribution in [3.8, 4) is 0 Å². The standard InChI is InChI=1S/C19H31NO5/c1-6-23-17(21)11-24-20-14-9-13(4)10-15-18(14)19(5,22)16(25-15)8-7-12(2)3/h8,12-13,15,18,22H,6-7,9-11H2,1-5H3/b16-8-,20-14+/t13-,15-,18+,19-/m0/s1. The third-order valence-electron chi connectivity index (χ3n) is 4.75. The first-order valence-corrected chi connectivity index (χ1v) is 9.19. The maximum atomic E-state index is 11.4. The zero-order chi connectivity index (χ0) is 18.6. The first kappa shape index (κ1) is 19.8. The predicted octanol–water partition coefficient (Wildman–Crippen LogP) is 3.05. The normalized spacial score (nSPS) is 34.9. The summed E-state index contributed by atoms with van der Waals surface area (Å²) in [5.41, 5.74) is -0.350. The van der Waals surface area contributed by atoms with Crippen LogP contribution in [0.5, 0.6) is 0 Å². The second kappa shape index (κ2) is 8.21. The summed E-state index contributed by atoms with van der Waals surface area (Å²) < 4.78 is 10.9. The van der Waals surface area contributed by atoms with Gasteiger partial charge in [0, 0.05) is 0 Å². The maximum absolute atomic E-state index is 11.4. The van der Waals surface area contributed by atoms with Gasteiger partial charge < -0.3 is 19.4 Å². The Morgan fingerprint density at radius 2 is 2.24 bits per heavy atom. The fourth-order valence-electron chi connectivity index (χ4n) is 3.61. The Hall–Kier alpha value is -1.56. The Kier molecular flexibility index (Phi) is 6.49. The molecule has 1 aliphatic heterocycles. The molecule has 1 heterocycles. The lowest BCUT2D eigenvalue weighted by molar-refractivity contribution is -0.148. The van der Waals surface area contributed by atoms with Gasteiger partial charge in [-0.15, -0.1) is 0 Å². The van der Waals surface area contributed by atoms with Crippen molar-refractivity contribution in [3.63, 3.8) is 0 Å². The number of hydrogen-bond acceptors (Lipinski definition) is 6. The minimum atomic E-state index is -1.11. The van der Waals surface area contributed by atoms with Gasteiger partial charge in [0.15, 0.2) is 0 Å². The van der Waals surface area contributed by atoms with Crippen molar-refractivity contribution in [1.82, 2.24) is 0 Å². The van der Waals surface area contributed by atoms with Gasteiger partial charge in [0.2, 0.25) is 6.61 Å². The van der Waals surface area contributed by atoms with Gasteiger partial charge in [-0.1, -0.05) is 25.9 Å². The summed E-state index contributed by atoms with van der Waals surface area (Å²) in [5.74, 6) is 0.813. The van der Waals surface area contributed by atoms with Crippen molar-refractivity contribution in [1.29, 1.82) is 0 Å². The third kappa shape index (κ3) is 4.75. The highest BCUT2D eigenvalue weighted by atomic mass is 16.7. The molecule has 0 unspecified atom stereocenters. The number of rotatable bonds is 6. The van der Waals surface area contributed by atoms with E-state index in [1.165, 1.54) is 0 Å². The van der Waals surface area contributed by atoms with Gasteiger partial charge in [0.25, 0.3) is 0 Å². The van der Waals surface area contributed by atoms with E-state index in [0.29, 0.717) is 24.2 Å². The number of carbonyl (C=O) groups is 1. The lowest BCUT2D eigenvalue weighted by Crippen LogP contribution is -2.44. The van der Waals surface area contributed by atoms with Crippen LogP contribution in [-0.4, -0.2) is 41.7 Å². The molecule has 2 fully saturated rings. The van der Waals surface area contributed by atoms with Crippen LogP contribution in [0.2, 0.25) is 0 Å². The number of esters is 1. The molecule has 0 amide bonds. The molecule has 1 saturated carbocycles. The average molecular weight is 353 g/mol. The fourth-order valence-corrected chi connectivity index (χ4v) is 3.61. The summed E-state index contributed by atoms with van der Waals surface area (Å²) in [6.07, 6.45) is 4.33. The zero-order valence-corrected chi connectivity index (χ0v) is 15.9. The minimum Gasteiger partial charge on any atom is -0.491 e. The van der Waals surface area contributed by atoms with Crippen molar-refractivity contribution in [2.45, 2.75) is 65.6 Å². The second-order valence-corrected chi connectivity index (χ2v) is 7.69. The Labute approximate surface area is 150 Å². The lowest BCUT2D eigenvalue weighted by Gasteiger charge is -2.33. The monoisotopic (exact) mass is 353 g/mol. The highest BCUT2D eigenvalue weighted by Gasteiger charge is 2.54. The topological polar surface area (TPSA) is 77.4 Å². The smallest absolute Gasteiger partial charge is 0.347 e. The molecule has 0 bridgehead atoms. The van der Waals surface area contributed by atoms with E-state index in [4.69, 9.17) is 14.3 Å². The van der Waals surface area contributed by atoms with Crippen LogP contribution < -0.4 is 0 Å². The SMILES string of the molecule is CCOC(=O)CO/N=C1\C[C@H](C)C[C@@H]2O/C(=C\CC(C)C)[C@](C)(O)[C@H]12. The zero-order valence-electron chi connectivity index (χ0n) is 15.9. The van der Waals surface area contributed by atoms with Crippen molar-refractivity contribution >= 4 is 11.7 Å². The Balaban J connectivity index is 2.15. The number of ether oxygens (including phenoxy) is 2.